The van der Waals surface area contributed by atoms with Crippen molar-refractivity contribution < 1.29 is 9.90 Å². The van der Waals surface area contributed by atoms with E-state index >= 15 is 0 Å². The molecule has 0 bridgehead atoms. The van der Waals surface area contributed by atoms with E-state index in [4.69, 9.17) is 10.9 Å². The summed E-state index contributed by atoms with van der Waals surface area (Å²) in [7, 11) is 0. The van der Waals surface area contributed by atoms with Gasteiger partial charge in [-0.15, -0.1) is 0 Å². The summed E-state index contributed by atoms with van der Waals surface area (Å²) >= 11 is 0. The number of rotatable bonds is 6. The van der Waals surface area contributed by atoms with Crippen LogP contribution in [0, 0.1) is 0 Å². The third-order valence-corrected chi connectivity index (χ3v) is 2.60. The predicted octanol–water partition coefficient (Wildman–Crippen LogP) is 0.600. The van der Waals surface area contributed by atoms with Crippen LogP contribution in [-0.2, 0) is 0 Å². The molecule has 0 saturated heterocycles. The lowest BCUT2D eigenvalue weighted by atomic mass is 10.2. The van der Waals surface area contributed by atoms with Crippen LogP contribution in [0.4, 0.5) is 5.82 Å². The monoisotopic (exact) mass is 252 g/mol. The summed E-state index contributed by atoms with van der Waals surface area (Å²) in [6.45, 7) is 4.49. The van der Waals surface area contributed by atoms with Crippen molar-refractivity contribution in [2.75, 3.05) is 18.6 Å². The Hall–Kier alpha value is -1.66. The highest BCUT2D eigenvalue weighted by atomic mass is 16.3. The van der Waals surface area contributed by atoms with E-state index in [0.717, 1.165) is 0 Å². The number of hydrogen-bond acceptors (Lipinski definition) is 5. The topological polar surface area (TPSA) is 91.5 Å². The molecule has 1 rings (SSSR count). The molecule has 100 valence electrons. The molecule has 0 fully saturated rings. The molecule has 18 heavy (non-hydrogen) atoms. The van der Waals surface area contributed by atoms with Gasteiger partial charge in [0, 0.05) is 31.0 Å². The van der Waals surface area contributed by atoms with Crippen molar-refractivity contribution in [1.29, 1.82) is 0 Å². The average Bonchev–Trinajstić information content (AvgIpc) is 2.38. The number of nitrogen functional groups attached to an aromatic ring is 1. The van der Waals surface area contributed by atoms with Gasteiger partial charge in [-0.1, -0.05) is 0 Å². The number of carbonyl (C=O) groups excluding carboxylic acids is 1. The van der Waals surface area contributed by atoms with Crippen LogP contribution in [0.5, 0.6) is 0 Å². The average molecular weight is 252 g/mol. The van der Waals surface area contributed by atoms with Gasteiger partial charge in [-0.3, -0.25) is 4.79 Å². The molecule has 6 heteroatoms. The van der Waals surface area contributed by atoms with Gasteiger partial charge >= 0.3 is 0 Å². The number of nitrogens with zero attached hydrogens (tertiary/aromatic N) is 2. The molecule has 0 aromatic carbocycles. The lowest BCUT2D eigenvalue weighted by Gasteiger charge is -2.26. The summed E-state index contributed by atoms with van der Waals surface area (Å²) in [5.74, 6) is 5.63. The molecule has 0 radical (unpaired) electrons. The SMILES string of the molecule is CC(C)N(CCCO)C(=O)c1ccnc(NN)c1. The van der Waals surface area contributed by atoms with E-state index in [2.05, 4.69) is 10.4 Å². The first kappa shape index (κ1) is 14.4. The predicted molar refractivity (Wildman–Crippen MR) is 69.9 cm³/mol. The molecular formula is C12H20N4O2. The highest BCUT2D eigenvalue weighted by Gasteiger charge is 2.18. The minimum atomic E-state index is -0.0858. The van der Waals surface area contributed by atoms with Gasteiger partial charge in [-0.25, -0.2) is 10.8 Å². The zero-order valence-electron chi connectivity index (χ0n) is 10.8. The van der Waals surface area contributed by atoms with E-state index in [-0.39, 0.29) is 18.6 Å². The van der Waals surface area contributed by atoms with Crippen LogP contribution in [0.15, 0.2) is 18.3 Å². The van der Waals surface area contributed by atoms with Crippen LogP contribution in [0.2, 0.25) is 0 Å². The first-order chi connectivity index (χ1) is 8.60. The third kappa shape index (κ3) is 3.68. The van der Waals surface area contributed by atoms with Gasteiger partial charge < -0.3 is 15.4 Å². The van der Waals surface area contributed by atoms with Crippen molar-refractivity contribution in [3.8, 4) is 0 Å². The molecule has 0 aliphatic carbocycles. The Bertz CT molecular complexity index is 395. The molecule has 4 N–H and O–H groups in total. The number of carbonyl (C=O) groups is 1. The molecule has 1 aromatic rings. The fourth-order valence-electron chi connectivity index (χ4n) is 1.64. The number of pyridine rings is 1. The summed E-state index contributed by atoms with van der Waals surface area (Å²) in [6.07, 6.45) is 2.10. The molecule has 0 aliphatic heterocycles. The van der Waals surface area contributed by atoms with Gasteiger partial charge in [-0.05, 0) is 32.4 Å². The Morgan fingerprint density at radius 2 is 2.33 bits per heavy atom. The minimum absolute atomic E-state index is 0.0719. The van der Waals surface area contributed by atoms with Crippen LogP contribution >= 0.6 is 0 Å². The second-order valence-electron chi connectivity index (χ2n) is 4.24. The summed E-state index contributed by atoms with van der Waals surface area (Å²) in [5, 5.41) is 8.86. The largest absolute Gasteiger partial charge is 0.396 e. The maximum absolute atomic E-state index is 12.3. The number of nitrogens with two attached hydrogens (primary N) is 1. The van der Waals surface area contributed by atoms with Crippen molar-refractivity contribution in [1.82, 2.24) is 9.88 Å². The smallest absolute Gasteiger partial charge is 0.254 e. The molecular weight excluding hydrogens is 232 g/mol. The Morgan fingerprint density at radius 3 is 2.89 bits per heavy atom. The minimum Gasteiger partial charge on any atom is -0.396 e. The maximum atomic E-state index is 12.3. The summed E-state index contributed by atoms with van der Waals surface area (Å²) in [4.78, 5) is 18.0. The van der Waals surface area contributed by atoms with Gasteiger partial charge in [0.25, 0.3) is 5.91 Å². The van der Waals surface area contributed by atoms with E-state index in [1.165, 1.54) is 6.20 Å². The van der Waals surface area contributed by atoms with E-state index in [9.17, 15) is 4.79 Å². The van der Waals surface area contributed by atoms with Gasteiger partial charge in [-0.2, -0.15) is 0 Å². The summed E-state index contributed by atoms with van der Waals surface area (Å²) < 4.78 is 0. The second kappa shape index (κ2) is 6.93. The standard InChI is InChI=1S/C12H20N4O2/c1-9(2)16(6-3-7-17)12(18)10-4-5-14-11(8-10)15-13/h4-5,8-9,17H,3,6-7,13H2,1-2H3,(H,14,15). The summed E-state index contributed by atoms with van der Waals surface area (Å²) in [5.41, 5.74) is 2.94. The van der Waals surface area contributed by atoms with Gasteiger partial charge in [0.2, 0.25) is 0 Å². The Morgan fingerprint density at radius 1 is 1.61 bits per heavy atom. The molecule has 0 unspecified atom stereocenters. The number of amides is 1. The Labute approximate surface area is 107 Å². The molecule has 1 aromatic heterocycles. The fraction of sp³-hybridized carbons (Fsp3) is 0.500. The van der Waals surface area contributed by atoms with Crippen LogP contribution < -0.4 is 11.3 Å². The van der Waals surface area contributed by atoms with Crippen molar-refractivity contribution in [3.05, 3.63) is 23.9 Å². The van der Waals surface area contributed by atoms with E-state index in [1.807, 2.05) is 13.8 Å². The fourth-order valence-corrected chi connectivity index (χ4v) is 1.64. The number of aliphatic hydroxyl groups is 1. The molecule has 1 amide bonds. The van der Waals surface area contributed by atoms with Crippen LogP contribution in [0.1, 0.15) is 30.6 Å². The highest BCUT2D eigenvalue weighted by molar-refractivity contribution is 5.95. The normalized spacial score (nSPS) is 10.5. The first-order valence-electron chi connectivity index (χ1n) is 5.94. The quantitative estimate of drug-likeness (QED) is 0.509. The zero-order chi connectivity index (χ0) is 13.5. The van der Waals surface area contributed by atoms with Gasteiger partial charge in [0.1, 0.15) is 5.82 Å². The van der Waals surface area contributed by atoms with Gasteiger partial charge in [0.15, 0.2) is 0 Å². The zero-order valence-corrected chi connectivity index (χ0v) is 10.8. The summed E-state index contributed by atoms with van der Waals surface area (Å²) in [6, 6.07) is 3.33. The van der Waals surface area contributed by atoms with Crippen molar-refractivity contribution in [3.63, 3.8) is 0 Å². The number of anilines is 1. The number of aromatic nitrogens is 1. The van der Waals surface area contributed by atoms with Crippen molar-refractivity contribution in [2.45, 2.75) is 26.3 Å². The molecule has 0 atom stereocenters. The Kier molecular flexibility index (Phi) is 5.54. The molecule has 0 spiro atoms. The second-order valence-corrected chi connectivity index (χ2v) is 4.24. The van der Waals surface area contributed by atoms with E-state index in [1.54, 1.807) is 17.0 Å². The van der Waals surface area contributed by atoms with E-state index in [0.29, 0.717) is 24.3 Å². The lowest BCUT2D eigenvalue weighted by Crippen LogP contribution is -2.38. The van der Waals surface area contributed by atoms with Crippen LogP contribution in [0.3, 0.4) is 0 Å². The molecule has 1 heterocycles. The Balaban J connectivity index is 2.87. The first-order valence-corrected chi connectivity index (χ1v) is 5.94. The molecule has 0 aliphatic rings. The number of nitrogens with one attached hydrogen (secondary N) is 1. The molecule has 6 nitrogen and oxygen atoms in total. The number of hydrogen-bond donors (Lipinski definition) is 3. The van der Waals surface area contributed by atoms with Crippen molar-refractivity contribution >= 4 is 11.7 Å². The molecule has 0 saturated carbocycles. The highest BCUT2D eigenvalue weighted by Crippen LogP contribution is 2.11. The van der Waals surface area contributed by atoms with Crippen molar-refractivity contribution in [2.24, 2.45) is 5.84 Å². The maximum Gasteiger partial charge on any atom is 0.254 e. The lowest BCUT2D eigenvalue weighted by molar-refractivity contribution is 0.0693. The van der Waals surface area contributed by atoms with Crippen LogP contribution in [-0.4, -0.2) is 40.1 Å². The number of aliphatic hydroxyl groups excluding tert-OH is 1. The third-order valence-electron chi connectivity index (χ3n) is 2.60. The van der Waals surface area contributed by atoms with Crippen LogP contribution in [0.25, 0.3) is 0 Å². The van der Waals surface area contributed by atoms with E-state index < -0.39 is 0 Å². The number of hydrazine groups is 1. The van der Waals surface area contributed by atoms with Gasteiger partial charge in [0.05, 0.1) is 0 Å².